The summed E-state index contributed by atoms with van der Waals surface area (Å²) in [4.78, 5) is 11.2. The molecule has 1 atom stereocenters. The fraction of sp³-hybridized carbons (Fsp3) is 0.933. The number of hydrogen-bond acceptors (Lipinski definition) is 3. The summed E-state index contributed by atoms with van der Waals surface area (Å²) >= 11 is 0. The van der Waals surface area contributed by atoms with E-state index in [0.29, 0.717) is 6.42 Å². The molecule has 0 saturated heterocycles. The van der Waals surface area contributed by atoms with Crippen molar-refractivity contribution in [1.29, 1.82) is 0 Å². The Hall–Kier alpha value is -0.570. The zero-order valence-electron chi connectivity index (χ0n) is 12.1. The molecule has 0 saturated carbocycles. The Morgan fingerprint density at radius 1 is 1.00 bits per heavy atom. The first-order valence-electron chi connectivity index (χ1n) is 7.50. The number of rotatable bonds is 12. The lowest BCUT2D eigenvalue weighted by atomic mass is 10.1. The van der Waals surface area contributed by atoms with Crippen molar-refractivity contribution in [2.24, 2.45) is 0 Å². The van der Waals surface area contributed by atoms with Gasteiger partial charge in [0.1, 0.15) is 6.61 Å². The van der Waals surface area contributed by atoms with Crippen LogP contribution < -0.4 is 0 Å². The molecule has 0 bridgehead atoms. The fourth-order valence-corrected chi connectivity index (χ4v) is 1.87. The van der Waals surface area contributed by atoms with Crippen molar-refractivity contribution in [2.75, 3.05) is 6.61 Å². The van der Waals surface area contributed by atoms with Gasteiger partial charge in [0.05, 0.1) is 6.10 Å². The molecule has 0 fully saturated rings. The molecule has 18 heavy (non-hydrogen) atoms. The van der Waals surface area contributed by atoms with Gasteiger partial charge in [0.15, 0.2) is 0 Å². The molecule has 108 valence electrons. The molecule has 0 spiro atoms. The summed E-state index contributed by atoms with van der Waals surface area (Å²) < 4.78 is 4.89. The number of unbranched alkanes of at least 4 members (excludes halogenated alkanes) is 8. The number of esters is 1. The molecule has 0 aliphatic carbocycles. The first-order chi connectivity index (χ1) is 8.66. The molecule has 0 amide bonds. The van der Waals surface area contributed by atoms with Gasteiger partial charge >= 0.3 is 5.97 Å². The molecular formula is C15H30O3. The Morgan fingerprint density at radius 2 is 1.50 bits per heavy atom. The minimum atomic E-state index is -0.558. The monoisotopic (exact) mass is 258 g/mol. The van der Waals surface area contributed by atoms with Crippen LogP contribution in [0.2, 0.25) is 0 Å². The van der Waals surface area contributed by atoms with Gasteiger partial charge in [-0.05, 0) is 13.3 Å². The van der Waals surface area contributed by atoms with E-state index in [4.69, 9.17) is 9.84 Å². The van der Waals surface area contributed by atoms with Gasteiger partial charge in [0.2, 0.25) is 0 Å². The average molecular weight is 258 g/mol. The van der Waals surface area contributed by atoms with Crippen molar-refractivity contribution in [2.45, 2.75) is 84.2 Å². The SMILES string of the molecule is CCCCCCCCCCCC(=O)OC[C@H](C)O. The van der Waals surface area contributed by atoms with Crippen LogP contribution in [0.15, 0.2) is 0 Å². The lowest BCUT2D eigenvalue weighted by Crippen LogP contribution is -2.14. The van der Waals surface area contributed by atoms with Crippen molar-refractivity contribution in [3.8, 4) is 0 Å². The number of aliphatic hydroxyl groups excluding tert-OH is 1. The molecule has 0 aromatic rings. The summed E-state index contributed by atoms with van der Waals surface area (Å²) in [5.41, 5.74) is 0. The Kier molecular flexibility index (Phi) is 12.5. The largest absolute Gasteiger partial charge is 0.463 e. The van der Waals surface area contributed by atoms with E-state index in [1.165, 1.54) is 44.9 Å². The van der Waals surface area contributed by atoms with Gasteiger partial charge in [0.25, 0.3) is 0 Å². The van der Waals surface area contributed by atoms with E-state index in [-0.39, 0.29) is 12.6 Å². The average Bonchev–Trinajstić information content (AvgIpc) is 2.34. The number of ether oxygens (including phenoxy) is 1. The molecule has 0 aliphatic heterocycles. The number of carbonyl (C=O) groups is 1. The molecule has 0 aromatic carbocycles. The second kappa shape index (κ2) is 12.9. The zero-order chi connectivity index (χ0) is 13.6. The summed E-state index contributed by atoms with van der Waals surface area (Å²) in [5.74, 6) is -0.182. The van der Waals surface area contributed by atoms with E-state index in [9.17, 15) is 4.79 Å². The summed E-state index contributed by atoms with van der Waals surface area (Å²) in [6.45, 7) is 3.97. The van der Waals surface area contributed by atoms with E-state index in [1.54, 1.807) is 6.92 Å². The molecular weight excluding hydrogens is 228 g/mol. The molecule has 3 heteroatoms. The van der Waals surface area contributed by atoms with Gasteiger partial charge in [-0.25, -0.2) is 0 Å². The Morgan fingerprint density at radius 3 is 2.00 bits per heavy atom. The van der Waals surface area contributed by atoms with Crippen molar-refractivity contribution >= 4 is 5.97 Å². The highest BCUT2D eigenvalue weighted by atomic mass is 16.5. The van der Waals surface area contributed by atoms with Crippen LogP contribution in [0.5, 0.6) is 0 Å². The molecule has 1 N–H and O–H groups in total. The van der Waals surface area contributed by atoms with Crippen molar-refractivity contribution in [1.82, 2.24) is 0 Å². The smallest absolute Gasteiger partial charge is 0.305 e. The topological polar surface area (TPSA) is 46.5 Å². The maximum atomic E-state index is 11.2. The third-order valence-electron chi connectivity index (χ3n) is 2.97. The minimum Gasteiger partial charge on any atom is -0.463 e. The highest BCUT2D eigenvalue weighted by Gasteiger charge is 2.04. The van der Waals surface area contributed by atoms with Crippen LogP contribution in [0.25, 0.3) is 0 Å². The Bertz CT molecular complexity index is 190. The molecule has 0 unspecified atom stereocenters. The van der Waals surface area contributed by atoms with Crippen molar-refractivity contribution in [3.63, 3.8) is 0 Å². The van der Waals surface area contributed by atoms with Crippen LogP contribution in [0.3, 0.4) is 0 Å². The molecule has 0 heterocycles. The lowest BCUT2D eigenvalue weighted by molar-refractivity contribution is -0.146. The van der Waals surface area contributed by atoms with Crippen LogP contribution >= 0.6 is 0 Å². The maximum absolute atomic E-state index is 11.2. The van der Waals surface area contributed by atoms with E-state index in [0.717, 1.165) is 12.8 Å². The number of carbonyl (C=O) groups excluding carboxylic acids is 1. The summed E-state index contributed by atoms with van der Waals surface area (Å²) in [5, 5.41) is 8.95. The predicted octanol–water partition coefficient (Wildman–Crippen LogP) is 3.83. The van der Waals surface area contributed by atoms with E-state index in [2.05, 4.69) is 6.92 Å². The molecule has 0 rings (SSSR count). The Balaban J connectivity index is 3.12. The minimum absolute atomic E-state index is 0.121. The van der Waals surface area contributed by atoms with Gasteiger partial charge in [-0.3, -0.25) is 4.79 Å². The van der Waals surface area contributed by atoms with Crippen LogP contribution in [0.1, 0.15) is 78.1 Å². The first-order valence-corrected chi connectivity index (χ1v) is 7.50. The summed E-state index contributed by atoms with van der Waals surface area (Å²) in [6, 6.07) is 0. The second-order valence-corrected chi connectivity index (χ2v) is 5.11. The molecule has 0 aliphatic rings. The van der Waals surface area contributed by atoms with Crippen LogP contribution in [-0.2, 0) is 9.53 Å². The van der Waals surface area contributed by atoms with E-state index in [1.807, 2.05) is 0 Å². The molecule has 0 aromatic heterocycles. The third kappa shape index (κ3) is 13.5. The quantitative estimate of drug-likeness (QED) is 0.427. The van der Waals surface area contributed by atoms with Gasteiger partial charge in [0, 0.05) is 6.42 Å². The standard InChI is InChI=1S/C15H30O3/c1-3-4-5-6-7-8-9-10-11-12-15(17)18-13-14(2)16/h14,16H,3-13H2,1-2H3/t14-/m0/s1. The fourth-order valence-electron chi connectivity index (χ4n) is 1.87. The molecule has 3 nitrogen and oxygen atoms in total. The highest BCUT2D eigenvalue weighted by molar-refractivity contribution is 5.69. The normalized spacial score (nSPS) is 12.4. The van der Waals surface area contributed by atoms with Gasteiger partial charge in [-0.1, -0.05) is 58.3 Å². The van der Waals surface area contributed by atoms with Gasteiger partial charge < -0.3 is 9.84 Å². The second-order valence-electron chi connectivity index (χ2n) is 5.11. The first kappa shape index (κ1) is 17.4. The zero-order valence-corrected chi connectivity index (χ0v) is 12.1. The molecule has 0 radical (unpaired) electrons. The van der Waals surface area contributed by atoms with E-state index < -0.39 is 6.10 Å². The van der Waals surface area contributed by atoms with Crippen molar-refractivity contribution < 1.29 is 14.6 Å². The number of hydrogen-bond donors (Lipinski definition) is 1. The van der Waals surface area contributed by atoms with Crippen LogP contribution in [0, 0.1) is 0 Å². The maximum Gasteiger partial charge on any atom is 0.305 e. The van der Waals surface area contributed by atoms with E-state index >= 15 is 0 Å². The van der Waals surface area contributed by atoms with Gasteiger partial charge in [-0.2, -0.15) is 0 Å². The van der Waals surface area contributed by atoms with Gasteiger partial charge in [-0.15, -0.1) is 0 Å². The third-order valence-corrected chi connectivity index (χ3v) is 2.97. The number of aliphatic hydroxyl groups is 1. The summed E-state index contributed by atoms with van der Waals surface area (Å²) in [7, 11) is 0. The predicted molar refractivity (Wildman–Crippen MR) is 74.5 cm³/mol. The van der Waals surface area contributed by atoms with Crippen molar-refractivity contribution in [3.05, 3.63) is 0 Å². The summed E-state index contributed by atoms with van der Waals surface area (Å²) in [6.07, 6.45) is 11.1. The lowest BCUT2D eigenvalue weighted by Gasteiger charge is -2.06. The highest BCUT2D eigenvalue weighted by Crippen LogP contribution is 2.10. The van der Waals surface area contributed by atoms with Crippen LogP contribution in [-0.4, -0.2) is 23.8 Å². The van der Waals surface area contributed by atoms with Crippen LogP contribution in [0.4, 0.5) is 0 Å². The Labute approximate surface area is 112 Å².